The summed E-state index contributed by atoms with van der Waals surface area (Å²) < 4.78 is 0. The van der Waals surface area contributed by atoms with Crippen LogP contribution in [0.3, 0.4) is 0 Å². The topological polar surface area (TPSA) is 161 Å². The van der Waals surface area contributed by atoms with Crippen molar-refractivity contribution in [1.29, 1.82) is 0 Å². The standard InChI is InChI=1S/2C3H4O4.Ca/c2*4-2(5)1-3(6)7;/h2*1,4-5H,(H,6,7);/q;;+2/p-2. The summed E-state index contributed by atoms with van der Waals surface area (Å²) in [6.07, 6.45) is 0.333. The summed E-state index contributed by atoms with van der Waals surface area (Å²) in [5.41, 5.74) is 0. The molecular weight excluding hydrogens is 240 g/mol. The Morgan fingerprint density at radius 2 is 1.00 bits per heavy atom. The summed E-state index contributed by atoms with van der Waals surface area (Å²) in [6.45, 7) is 0. The fourth-order valence-corrected chi connectivity index (χ4v) is 0.211. The third-order valence-electron chi connectivity index (χ3n) is 0.494. The second kappa shape index (κ2) is 11.0. The van der Waals surface area contributed by atoms with E-state index in [0.717, 1.165) is 0 Å². The number of aliphatic hydroxyl groups excluding tert-OH is 2. The molecule has 0 aliphatic carbocycles. The van der Waals surface area contributed by atoms with Crippen molar-refractivity contribution in [3.63, 3.8) is 0 Å². The van der Waals surface area contributed by atoms with E-state index in [1.54, 1.807) is 0 Å². The van der Waals surface area contributed by atoms with Crippen molar-refractivity contribution >= 4 is 49.7 Å². The quantitative estimate of drug-likeness (QED) is 0.232. The second-order valence-corrected chi connectivity index (χ2v) is 1.64. The van der Waals surface area contributed by atoms with Gasteiger partial charge in [0.2, 0.25) is 0 Å². The normalized spacial score (nSPS) is 10.4. The van der Waals surface area contributed by atoms with E-state index in [2.05, 4.69) is 0 Å². The van der Waals surface area contributed by atoms with E-state index in [9.17, 15) is 19.8 Å². The van der Waals surface area contributed by atoms with Crippen LogP contribution in [0.25, 0.3) is 0 Å². The number of carbonyl (C=O) groups is 2. The number of hydrogen-bond donors (Lipinski definition) is 4. The van der Waals surface area contributed by atoms with Crippen LogP contribution >= 0.6 is 0 Å². The van der Waals surface area contributed by atoms with E-state index in [-0.39, 0.29) is 49.9 Å². The van der Waals surface area contributed by atoms with Crippen molar-refractivity contribution in [3.8, 4) is 0 Å². The molecule has 4 N–H and O–H groups in total. The van der Waals surface area contributed by atoms with Crippen molar-refractivity contribution in [2.45, 2.75) is 0 Å². The first-order valence-corrected chi connectivity index (χ1v) is 2.87. The van der Waals surface area contributed by atoms with Gasteiger partial charge >= 0.3 is 49.7 Å². The minimum atomic E-state index is -1.44. The molecule has 0 radical (unpaired) electrons. The van der Waals surface area contributed by atoms with Gasteiger partial charge in [-0.05, 0) is 0 Å². The van der Waals surface area contributed by atoms with Gasteiger partial charge in [-0.25, -0.2) is 9.59 Å². The summed E-state index contributed by atoms with van der Waals surface area (Å²) in [7, 11) is 0. The van der Waals surface area contributed by atoms with Gasteiger partial charge in [0, 0.05) is 12.2 Å². The van der Waals surface area contributed by atoms with Gasteiger partial charge in [-0.3, -0.25) is 0 Å². The van der Waals surface area contributed by atoms with Crippen molar-refractivity contribution in [1.82, 2.24) is 0 Å². The molecule has 15 heavy (non-hydrogen) atoms. The first kappa shape index (κ1) is 19.5. The molecule has 0 saturated carbocycles. The Bertz CT molecular complexity index is 232. The van der Waals surface area contributed by atoms with Gasteiger partial charge in [-0.15, -0.1) is 0 Å². The zero-order valence-corrected chi connectivity index (χ0v) is 9.49. The van der Waals surface area contributed by atoms with Crippen LogP contribution in [-0.2, 0) is 9.59 Å². The van der Waals surface area contributed by atoms with Crippen LogP contribution in [0.1, 0.15) is 0 Å². The molecule has 8 nitrogen and oxygen atoms in total. The molecule has 0 amide bonds. The Kier molecular flexibility index (Phi) is 14.2. The molecular formula is C6H6CaO8. The van der Waals surface area contributed by atoms with Crippen molar-refractivity contribution < 1.29 is 40.2 Å². The van der Waals surface area contributed by atoms with E-state index in [0.29, 0.717) is 0 Å². The third-order valence-corrected chi connectivity index (χ3v) is 0.494. The Labute approximate surface area is 113 Å². The Morgan fingerprint density at radius 1 is 0.800 bits per heavy atom. The second-order valence-electron chi connectivity index (χ2n) is 1.64. The largest absolute Gasteiger partial charge is 2.00 e. The first-order valence-electron chi connectivity index (χ1n) is 2.87. The van der Waals surface area contributed by atoms with Gasteiger partial charge in [0.05, 0.1) is 11.9 Å². The zero-order chi connectivity index (χ0) is 11.7. The van der Waals surface area contributed by atoms with Gasteiger partial charge in [0.1, 0.15) is 0 Å². The average molecular weight is 246 g/mol. The van der Waals surface area contributed by atoms with Crippen LogP contribution in [0.4, 0.5) is 0 Å². The van der Waals surface area contributed by atoms with E-state index >= 15 is 0 Å². The van der Waals surface area contributed by atoms with Crippen LogP contribution in [0, 0.1) is 0 Å². The molecule has 0 aromatic rings. The summed E-state index contributed by atoms with van der Waals surface area (Å²) in [5.74, 6) is -5.75. The smallest absolute Gasteiger partial charge is 0.629 e. The molecule has 0 rings (SSSR count). The van der Waals surface area contributed by atoms with Crippen LogP contribution in [0.5, 0.6) is 0 Å². The molecule has 0 unspecified atom stereocenters. The van der Waals surface area contributed by atoms with Gasteiger partial charge in [0.15, 0.2) is 0 Å². The maximum absolute atomic E-state index is 9.37. The van der Waals surface area contributed by atoms with Crippen LogP contribution < -0.4 is 10.2 Å². The average Bonchev–Trinajstić information content (AvgIpc) is 1.79. The number of carboxylic acids is 2. The molecule has 0 atom stereocenters. The predicted octanol–water partition coefficient (Wildman–Crippen LogP) is -2.72. The fraction of sp³-hybridized carbons (Fsp3) is 0. The van der Waals surface area contributed by atoms with Crippen LogP contribution in [0.15, 0.2) is 24.0 Å². The number of hydrogen-bond acceptors (Lipinski definition) is 6. The minimum absolute atomic E-state index is 0. The summed E-state index contributed by atoms with van der Waals surface area (Å²) in [6, 6.07) is 0. The molecule has 0 bridgehead atoms. The van der Waals surface area contributed by atoms with E-state index in [1.165, 1.54) is 0 Å². The monoisotopic (exact) mass is 246 g/mol. The molecule has 0 aliphatic heterocycles. The van der Waals surface area contributed by atoms with E-state index in [4.69, 9.17) is 20.4 Å². The molecule has 0 saturated heterocycles. The van der Waals surface area contributed by atoms with Crippen LogP contribution in [-0.4, -0.2) is 70.1 Å². The Morgan fingerprint density at radius 3 is 1.00 bits per heavy atom. The maximum atomic E-state index is 9.37. The fourth-order valence-electron chi connectivity index (χ4n) is 0.211. The molecule has 80 valence electrons. The van der Waals surface area contributed by atoms with E-state index in [1.807, 2.05) is 0 Å². The maximum Gasteiger partial charge on any atom is 2.00 e. The van der Waals surface area contributed by atoms with Crippen molar-refractivity contribution in [3.05, 3.63) is 24.0 Å². The predicted molar refractivity (Wildman–Crippen MR) is 42.4 cm³/mol. The molecule has 0 aromatic heterocycles. The SMILES string of the molecule is O=C(O)C=C([O-])O.O=C(O)C=C([O-])O.[Ca+2]. The molecule has 0 spiro atoms. The number of rotatable bonds is 2. The molecule has 0 fully saturated rings. The van der Waals surface area contributed by atoms with Gasteiger partial charge < -0.3 is 30.6 Å². The van der Waals surface area contributed by atoms with Gasteiger partial charge in [-0.2, -0.15) is 0 Å². The number of aliphatic hydroxyl groups is 2. The zero-order valence-electron chi connectivity index (χ0n) is 7.28. The minimum Gasteiger partial charge on any atom is -0.629 e. The number of aliphatic carboxylic acids is 2. The first-order chi connectivity index (χ1) is 6.25. The molecule has 0 heterocycles. The summed E-state index contributed by atoms with van der Waals surface area (Å²) in [4.78, 5) is 18.7. The molecule has 9 heteroatoms. The molecule has 0 aliphatic rings. The van der Waals surface area contributed by atoms with Crippen LogP contribution in [0.2, 0.25) is 0 Å². The Hall–Kier alpha value is -1.12. The number of carboxylic acid groups (broad SMARTS) is 2. The van der Waals surface area contributed by atoms with Gasteiger partial charge in [-0.1, -0.05) is 0 Å². The summed E-state index contributed by atoms with van der Waals surface area (Å²) in [5, 5.41) is 49.3. The summed E-state index contributed by atoms with van der Waals surface area (Å²) >= 11 is 0. The van der Waals surface area contributed by atoms with Gasteiger partial charge in [0.25, 0.3) is 0 Å². The van der Waals surface area contributed by atoms with Crippen molar-refractivity contribution in [2.24, 2.45) is 0 Å². The third kappa shape index (κ3) is 32.2. The van der Waals surface area contributed by atoms with Crippen molar-refractivity contribution in [2.75, 3.05) is 0 Å². The van der Waals surface area contributed by atoms with E-state index < -0.39 is 23.8 Å². The Balaban J connectivity index is -0.000000180. The molecule has 0 aromatic carbocycles.